The molecule has 8 nitrogen and oxygen atoms in total. The summed E-state index contributed by atoms with van der Waals surface area (Å²) in [4.78, 5) is 25.8. The average molecular weight is 463 g/mol. The molecule has 3 aromatic carbocycles. The van der Waals surface area contributed by atoms with Crippen LogP contribution in [0.3, 0.4) is 0 Å². The van der Waals surface area contributed by atoms with Crippen LogP contribution in [0.1, 0.15) is 33.1 Å². The number of hydrogen-bond acceptors (Lipinski definition) is 6. The van der Waals surface area contributed by atoms with Crippen molar-refractivity contribution >= 4 is 11.6 Å². The average Bonchev–Trinajstić information content (AvgIpc) is 2.86. The van der Waals surface area contributed by atoms with Gasteiger partial charge in [-0.25, -0.2) is 0 Å². The Labute approximate surface area is 197 Å². The van der Waals surface area contributed by atoms with Gasteiger partial charge in [-0.15, -0.1) is 0 Å². The van der Waals surface area contributed by atoms with Gasteiger partial charge >= 0.3 is 0 Å². The maximum atomic E-state index is 13.5. The van der Waals surface area contributed by atoms with E-state index in [1.54, 1.807) is 26.4 Å². The number of nitro groups is 1. The summed E-state index contributed by atoms with van der Waals surface area (Å²) < 4.78 is 17.0. The normalized spacial score (nSPS) is 14.8. The zero-order valence-corrected chi connectivity index (χ0v) is 19.3. The number of amides is 1. The summed E-state index contributed by atoms with van der Waals surface area (Å²) in [5.41, 5.74) is 3.66. The summed E-state index contributed by atoms with van der Waals surface area (Å²) >= 11 is 0. The van der Waals surface area contributed by atoms with Gasteiger partial charge in [-0.2, -0.15) is 0 Å². The van der Waals surface area contributed by atoms with Crippen LogP contribution >= 0.6 is 0 Å². The van der Waals surface area contributed by atoms with E-state index in [-0.39, 0.29) is 24.2 Å². The Morgan fingerprint density at radius 1 is 1.03 bits per heavy atom. The van der Waals surface area contributed by atoms with Crippen LogP contribution in [-0.2, 0) is 6.42 Å². The highest BCUT2D eigenvalue weighted by atomic mass is 16.6. The van der Waals surface area contributed by atoms with Crippen molar-refractivity contribution in [2.45, 2.75) is 19.4 Å². The minimum Gasteiger partial charge on any atom is -0.493 e. The number of methoxy groups -OCH3 is 2. The topological polar surface area (TPSA) is 91.1 Å². The lowest BCUT2D eigenvalue weighted by Crippen LogP contribution is -2.42. The lowest BCUT2D eigenvalue weighted by Gasteiger charge is -2.37. The number of aryl methyl sites for hydroxylation is 1. The van der Waals surface area contributed by atoms with Crippen LogP contribution in [0, 0.1) is 17.0 Å². The van der Waals surface area contributed by atoms with Crippen molar-refractivity contribution in [3.05, 3.63) is 93.0 Å². The van der Waals surface area contributed by atoms with Gasteiger partial charge in [0.05, 0.1) is 25.2 Å². The van der Waals surface area contributed by atoms with Gasteiger partial charge in [0.2, 0.25) is 0 Å². The molecule has 0 saturated carbocycles. The van der Waals surface area contributed by atoms with Gasteiger partial charge in [-0.05, 0) is 60.9 Å². The molecule has 0 radical (unpaired) electrons. The summed E-state index contributed by atoms with van der Waals surface area (Å²) in [6.45, 7) is 2.67. The quantitative estimate of drug-likeness (QED) is 0.372. The van der Waals surface area contributed by atoms with Crippen molar-refractivity contribution in [3.8, 4) is 17.2 Å². The summed E-state index contributed by atoms with van der Waals surface area (Å²) in [5, 5.41) is 10.9. The molecule has 8 heteroatoms. The molecule has 0 aromatic heterocycles. The van der Waals surface area contributed by atoms with Gasteiger partial charge in [-0.1, -0.05) is 17.7 Å². The number of rotatable bonds is 7. The minimum atomic E-state index is -0.456. The van der Waals surface area contributed by atoms with Crippen molar-refractivity contribution in [1.82, 2.24) is 4.90 Å². The number of nitro benzene ring substituents is 1. The number of nitrogens with zero attached hydrogens (tertiary/aromatic N) is 2. The molecular formula is C26H26N2O6. The Bertz CT molecular complexity index is 1190. The molecule has 176 valence electrons. The molecule has 0 saturated heterocycles. The second-order valence-electron chi connectivity index (χ2n) is 8.10. The van der Waals surface area contributed by atoms with Gasteiger partial charge < -0.3 is 19.1 Å². The highest BCUT2D eigenvalue weighted by Gasteiger charge is 2.33. The first-order valence-electron chi connectivity index (χ1n) is 10.9. The summed E-state index contributed by atoms with van der Waals surface area (Å²) in [5.74, 6) is 1.61. The Kier molecular flexibility index (Phi) is 6.67. The number of hydrogen-bond donors (Lipinski definition) is 0. The van der Waals surface area contributed by atoms with Crippen LogP contribution < -0.4 is 14.2 Å². The molecule has 1 aliphatic heterocycles. The van der Waals surface area contributed by atoms with Crippen LogP contribution in [-0.4, -0.2) is 43.1 Å². The molecule has 3 aromatic rings. The van der Waals surface area contributed by atoms with Crippen LogP contribution in [0.2, 0.25) is 0 Å². The maximum Gasteiger partial charge on any atom is 0.269 e. The molecule has 0 N–H and O–H groups in total. The number of carbonyl (C=O) groups is 1. The Morgan fingerprint density at radius 2 is 1.68 bits per heavy atom. The van der Waals surface area contributed by atoms with E-state index in [0.717, 1.165) is 16.7 Å². The fourth-order valence-corrected chi connectivity index (χ4v) is 4.15. The van der Waals surface area contributed by atoms with E-state index in [0.29, 0.717) is 35.8 Å². The van der Waals surface area contributed by atoms with Gasteiger partial charge in [0.25, 0.3) is 11.6 Å². The second kappa shape index (κ2) is 9.82. The zero-order valence-electron chi connectivity index (χ0n) is 19.3. The SMILES string of the molecule is COc1cc2c(cc1OC)[C@H](COc1ccc([N+](=O)[O-])cc1)N(C(=O)c1ccc(C)cc1)CC2. The van der Waals surface area contributed by atoms with Gasteiger partial charge in [0, 0.05) is 24.2 Å². The Hall–Kier alpha value is -4.07. The first-order valence-corrected chi connectivity index (χ1v) is 10.9. The monoisotopic (exact) mass is 462 g/mol. The predicted molar refractivity (Wildman–Crippen MR) is 127 cm³/mol. The van der Waals surface area contributed by atoms with Crippen LogP contribution in [0.5, 0.6) is 17.2 Å². The predicted octanol–water partition coefficient (Wildman–Crippen LogP) is 4.74. The fourth-order valence-electron chi connectivity index (χ4n) is 4.15. The molecule has 4 rings (SSSR count). The van der Waals surface area contributed by atoms with E-state index in [1.165, 1.54) is 12.1 Å². The summed E-state index contributed by atoms with van der Waals surface area (Å²) in [6, 6.07) is 16.9. The lowest BCUT2D eigenvalue weighted by atomic mass is 9.91. The second-order valence-corrected chi connectivity index (χ2v) is 8.10. The lowest BCUT2D eigenvalue weighted by molar-refractivity contribution is -0.384. The van der Waals surface area contributed by atoms with Crippen LogP contribution in [0.15, 0.2) is 60.7 Å². The van der Waals surface area contributed by atoms with Crippen LogP contribution in [0.25, 0.3) is 0 Å². The molecule has 0 aliphatic carbocycles. The smallest absolute Gasteiger partial charge is 0.269 e. The molecule has 0 bridgehead atoms. The van der Waals surface area contributed by atoms with E-state index in [4.69, 9.17) is 14.2 Å². The van der Waals surface area contributed by atoms with E-state index in [9.17, 15) is 14.9 Å². The summed E-state index contributed by atoms with van der Waals surface area (Å²) in [6.07, 6.45) is 0.668. The largest absolute Gasteiger partial charge is 0.493 e. The van der Waals surface area contributed by atoms with E-state index in [2.05, 4.69) is 0 Å². The molecule has 1 aliphatic rings. The third kappa shape index (κ3) is 4.66. The van der Waals surface area contributed by atoms with E-state index in [1.807, 2.05) is 48.2 Å². The van der Waals surface area contributed by atoms with Gasteiger partial charge in [-0.3, -0.25) is 14.9 Å². The molecule has 0 unspecified atom stereocenters. The molecule has 0 fully saturated rings. The minimum absolute atomic E-state index is 0.0108. The Morgan fingerprint density at radius 3 is 2.29 bits per heavy atom. The molecular weight excluding hydrogens is 436 g/mol. The fraction of sp³-hybridized carbons (Fsp3) is 0.269. The Balaban J connectivity index is 1.67. The van der Waals surface area contributed by atoms with Crippen molar-refractivity contribution in [2.75, 3.05) is 27.4 Å². The van der Waals surface area contributed by atoms with E-state index < -0.39 is 4.92 Å². The van der Waals surface area contributed by atoms with E-state index >= 15 is 0 Å². The molecule has 0 spiro atoms. The van der Waals surface area contributed by atoms with Crippen LogP contribution in [0.4, 0.5) is 5.69 Å². The number of benzene rings is 3. The van der Waals surface area contributed by atoms with Crippen molar-refractivity contribution in [2.24, 2.45) is 0 Å². The first kappa shape index (κ1) is 23.1. The molecule has 34 heavy (non-hydrogen) atoms. The summed E-state index contributed by atoms with van der Waals surface area (Å²) in [7, 11) is 3.17. The standard InChI is InChI=1S/C26H26N2O6/c1-17-4-6-18(7-5-17)26(29)27-13-12-19-14-24(32-2)25(33-3)15-22(19)23(27)16-34-21-10-8-20(9-11-21)28(30)31/h4-11,14-15,23H,12-13,16H2,1-3H3/t23-/m0/s1. The van der Waals surface area contributed by atoms with Gasteiger partial charge in [0.15, 0.2) is 11.5 Å². The first-order chi connectivity index (χ1) is 16.4. The van der Waals surface area contributed by atoms with Crippen molar-refractivity contribution in [1.29, 1.82) is 0 Å². The number of ether oxygens (including phenoxy) is 3. The van der Waals surface area contributed by atoms with Crippen molar-refractivity contribution in [3.63, 3.8) is 0 Å². The molecule has 1 heterocycles. The maximum absolute atomic E-state index is 13.5. The zero-order chi connectivity index (χ0) is 24.2. The molecule has 1 amide bonds. The van der Waals surface area contributed by atoms with Gasteiger partial charge in [0.1, 0.15) is 12.4 Å². The number of fused-ring (bicyclic) bond motifs is 1. The van der Waals surface area contributed by atoms with Crippen molar-refractivity contribution < 1.29 is 23.9 Å². The third-order valence-corrected chi connectivity index (χ3v) is 6.02. The number of carbonyl (C=O) groups excluding carboxylic acids is 1. The number of non-ortho nitro benzene ring substituents is 1. The highest BCUT2D eigenvalue weighted by molar-refractivity contribution is 5.94. The third-order valence-electron chi connectivity index (χ3n) is 6.02. The highest BCUT2D eigenvalue weighted by Crippen LogP contribution is 2.39. The molecule has 1 atom stereocenters.